The second-order valence-electron chi connectivity index (χ2n) is 6.25. The maximum atomic E-state index is 12.1. The molecule has 0 aliphatic heterocycles. The first-order chi connectivity index (χ1) is 13.6. The number of hydrogen-bond donors (Lipinski definition) is 1. The van der Waals surface area contributed by atoms with Crippen LogP contribution in [0.15, 0.2) is 47.6 Å². The van der Waals surface area contributed by atoms with E-state index in [1.165, 1.54) is 19.3 Å². The standard InChI is InChI=1S/C22H27ClN2O3/c1-3-5-6-7-14-28-20-13-8-17(15-21(20)27-4-2)16-24-25-22(26)18-9-11-19(23)12-10-18/h8-13,15-16H,3-7,14H2,1-2H3,(H,25,26)/b24-16+. The normalized spacial score (nSPS) is 10.8. The van der Waals surface area contributed by atoms with Crippen molar-refractivity contribution in [3.05, 3.63) is 58.6 Å². The number of unbranched alkanes of at least 4 members (excludes halogenated alkanes) is 3. The van der Waals surface area contributed by atoms with Gasteiger partial charge < -0.3 is 9.47 Å². The molecule has 0 aliphatic rings. The zero-order valence-electron chi connectivity index (χ0n) is 16.4. The third kappa shape index (κ3) is 7.24. The molecule has 5 nitrogen and oxygen atoms in total. The van der Waals surface area contributed by atoms with Crippen molar-refractivity contribution >= 4 is 23.7 Å². The fourth-order valence-corrected chi connectivity index (χ4v) is 2.66. The summed E-state index contributed by atoms with van der Waals surface area (Å²) in [5.41, 5.74) is 3.80. The zero-order chi connectivity index (χ0) is 20.2. The van der Waals surface area contributed by atoms with Gasteiger partial charge in [-0.3, -0.25) is 4.79 Å². The fraction of sp³-hybridized carbons (Fsp3) is 0.364. The smallest absolute Gasteiger partial charge is 0.271 e. The van der Waals surface area contributed by atoms with Crippen LogP contribution in [0.1, 0.15) is 55.5 Å². The molecule has 0 saturated heterocycles. The molecule has 28 heavy (non-hydrogen) atoms. The number of ether oxygens (including phenoxy) is 2. The molecule has 1 N–H and O–H groups in total. The topological polar surface area (TPSA) is 59.9 Å². The highest BCUT2D eigenvalue weighted by Gasteiger charge is 2.07. The Bertz CT molecular complexity index is 776. The molecule has 0 radical (unpaired) electrons. The average Bonchev–Trinajstić information content (AvgIpc) is 2.70. The molecule has 0 unspecified atom stereocenters. The summed E-state index contributed by atoms with van der Waals surface area (Å²) < 4.78 is 11.5. The van der Waals surface area contributed by atoms with Gasteiger partial charge in [0.1, 0.15) is 0 Å². The Kier molecular flexibility index (Phi) is 9.35. The summed E-state index contributed by atoms with van der Waals surface area (Å²) in [6, 6.07) is 12.2. The molecule has 1 amide bonds. The van der Waals surface area contributed by atoms with Crippen LogP contribution in [0.3, 0.4) is 0 Å². The number of hydrazone groups is 1. The van der Waals surface area contributed by atoms with Crippen LogP contribution in [-0.2, 0) is 0 Å². The average molecular weight is 403 g/mol. The number of halogens is 1. The van der Waals surface area contributed by atoms with Crippen molar-refractivity contribution in [1.82, 2.24) is 5.43 Å². The lowest BCUT2D eigenvalue weighted by Gasteiger charge is -2.12. The predicted octanol–water partition coefficient (Wildman–Crippen LogP) is 5.46. The van der Waals surface area contributed by atoms with Crippen LogP contribution >= 0.6 is 11.6 Å². The summed E-state index contributed by atoms with van der Waals surface area (Å²) >= 11 is 5.82. The van der Waals surface area contributed by atoms with Crippen molar-refractivity contribution in [2.45, 2.75) is 39.5 Å². The van der Waals surface area contributed by atoms with Gasteiger partial charge in [-0.2, -0.15) is 5.10 Å². The van der Waals surface area contributed by atoms with E-state index in [4.69, 9.17) is 21.1 Å². The molecular weight excluding hydrogens is 376 g/mol. The van der Waals surface area contributed by atoms with E-state index >= 15 is 0 Å². The lowest BCUT2D eigenvalue weighted by molar-refractivity contribution is 0.0955. The van der Waals surface area contributed by atoms with Crippen LogP contribution < -0.4 is 14.9 Å². The van der Waals surface area contributed by atoms with Crippen LogP contribution in [0.25, 0.3) is 0 Å². The summed E-state index contributed by atoms with van der Waals surface area (Å²) in [6.07, 6.45) is 6.19. The molecule has 150 valence electrons. The van der Waals surface area contributed by atoms with E-state index in [0.29, 0.717) is 29.5 Å². The van der Waals surface area contributed by atoms with E-state index in [2.05, 4.69) is 17.5 Å². The third-order valence-corrected chi connectivity index (χ3v) is 4.26. The predicted molar refractivity (Wildman–Crippen MR) is 114 cm³/mol. The van der Waals surface area contributed by atoms with Crippen molar-refractivity contribution < 1.29 is 14.3 Å². The van der Waals surface area contributed by atoms with E-state index in [1.54, 1.807) is 30.5 Å². The van der Waals surface area contributed by atoms with E-state index in [0.717, 1.165) is 17.7 Å². The molecule has 0 fully saturated rings. The first-order valence-electron chi connectivity index (χ1n) is 9.62. The lowest BCUT2D eigenvalue weighted by atomic mass is 10.2. The molecule has 0 aliphatic carbocycles. The first-order valence-corrected chi connectivity index (χ1v) is 10.0. The Morgan fingerprint density at radius 1 is 1.04 bits per heavy atom. The first kappa shape index (κ1) is 21.8. The number of amides is 1. The van der Waals surface area contributed by atoms with Gasteiger partial charge in [0.25, 0.3) is 5.91 Å². The number of hydrogen-bond acceptors (Lipinski definition) is 4. The van der Waals surface area contributed by atoms with Crippen LogP contribution in [0.5, 0.6) is 11.5 Å². The summed E-state index contributed by atoms with van der Waals surface area (Å²) in [5, 5.41) is 4.59. The molecule has 0 atom stereocenters. The largest absolute Gasteiger partial charge is 0.490 e. The zero-order valence-corrected chi connectivity index (χ0v) is 17.2. The van der Waals surface area contributed by atoms with Gasteiger partial charge in [-0.1, -0.05) is 37.8 Å². The lowest BCUT2D eigenvalue weighted by Crippen LogP contribution is -2.17. The van der Waals surface area contributed by atoms with Gasteiger partial charge in [-0.05, 0) is 61.4 Å². The van der Waals surface area contributed by atoms with Gasteiger partial charge in [0.15, 0.2) is 11.5 Å². The van der Waals surface area contributed by atoms with Gasteiger partial charge in [-0.25, -0.2) is 5.43 Å². The van der Waals surface area contributed by atoms with Gasteiger partial charge in [0, 0.05) is 10.6 Å². The van der Waals surface area contributed by atoms with Crippen molar-refractivity contribution in [2.24, 2.45) is 5.10 Å². The maximum Gasteiger partial charge on any atom is 0.271 e. The Morgan fingerprint density at radius 3 is 2.54 bits per heavy atom. The molecule has 6 heteroatoms. The third-order valence-electron chi connectivity index (χ3n) is 4.01. The quantitative estimate of drug-likeness (QED) is 0.308. The van der Waals surface area contributed by atoms with Crippen molar-refractivity contribution in [2.75, 3.05) is 13.2 Å². The van der Waals surface area contributed by atoms with Gasteiger partial charge in [-0.15, -0.1) is 0 Å². The minimum atomic E-state index is -0.301. The SMILES string of the molecule is CCCCCCOc1ccc(/C=N/NC(=O)c2ccc(Cl)cc2)cc1OCC. The van der Waals surface area contributed by atoms with E-state index < -0.39 is 0 Å². The highest BCUT2D eigenvalue weighted by molar-refractivity contribution is 6.30. The number of nitrogens with one attached hydrogen (secondary N) is 1. The molecule has 2 aromatic rings. The molecule has 0 bridgehead atoms. The maximum absolute atomic E-state index is 12.1. The number of carbonyl (C=O) groups is 1. The second-order valence-corrected chi connectivity index (χ2v) is 6.69. The van der Waals surface area contributed by atoms with Crippen LogP contribution in [-0.4, -0.2) is 25.3 Å². The van der Waals surface area contributed by atoms with E-state index in [9.17, 15) is 4.79 Å². The molecule has 2 rings (SSSR count). The highest BCUT2D eigenvalue weighted by atomic mass is 35.5. The van der Waals surface area contributed by atoms with Crippen LogP contribution in [0.4, 0.5) is 0 Å². The molecule has 0 saturated carbocycles. The van der Waals surface area contributed by atoms with Gasteiger partial charge >= 0.3 is 0 Å². The molecule has 0 spiro atoms. The molecule has 2 aromatic carbocycles. The minimum absolute atomic E-state index is 0.301. The Labute approximate surface area is 171 Å². The fourth-order valence-electron chi connectivity index (χ4n) is 2.53. The monoisotopic (exact) mass is 402 g/mol. The summed E-state index contributed by atoms with van der Waals surface area (Å²) in [6.45, 7) is 5.33. The summed E-state index contributed by atoms with van der Waals surface area (Å²) in [7, 11) is 0. The number of nitrogens with zero attached hydrogens (tertiary/aromatic N) is 1. The Balaban J connectivity index is 1.95. The van der Waals surface area contributed by atoms with E-state index in [1.807, 2.05) is 25.1 Å². The Hall–Kier alpha value is -2.53. The number of carbonyl (C=O) groups excluding carboxylic acids is 1. The number of benzene rings is 2. The van der Waals surface area contributed by atoms with Crippen molar-refractivity contribution in [3.63, 3.8) is 0 Å². The Morgan fingerprint density at radius 2 is 1.82 bits per heavy atom. The van der Waals surface area contributed by atoms with Gasteiger partial charge in [0.05, 0.1) is 19.4 Å². The summed E-state index contributed by atoms with van der Waals surface area (Å²) in [5.74, 6) is 1.09. The number of rotatable bonds is 11. The molecule has 0 aromatic heterocycles. The van der Waals surface area contributed by atoms with Crippen LogP contribution in [0.2, 0.25) is 5.02 Å². The summed E-state index contributed by atoms with van der Waals surface area (Å²) in [4.78, 5) is 12.1. The molecular formula is C22H27ClN2O3. The second kappa shape index (κ2) is 12.0. The van der Waals surface area contributed by atoms with Gasteiger partial charge in [0.2, 0.25) is 0 Å². The molecule has 0 heterocycles. The van der Waals surface area contributed by atoms with Crippen molar-refractivity contribution in [1.29, 1.82) is 0 Å². The van der Waals surface area contributed by atoms with E-state index in [-0.39, 0.29) is 5.91 Å². The minimum Gasteiger partial charge on any atom is -0.490 e. The highest BCUT2D eigenvalue weighted by Crippen LogP contribution is 2.28. The van der Waals surface area contributed by atoms with Crippen LogP contribution in [0, 0.1) is 0 Å². The van der Waals surface area contributed by atoms with Crippen molar-refractivity contribution in [3.8, 4) is 11.5 Å².